The number of carbonyl (C=O) groups excluding carboxylic acids is 1. The molecule has 0 aromatic heterocycles. The van der Waals surface area contributed by atoms with Gasteiger partial charge in [-0.15, -0.1) is 0 Å². The zero-order valence-corrected chi connectivity index (χ0v) is 15.3. The number of aliphatic hydroxyl groups is 1. The topological polar surface area (TPSA) is 59.0 Å². The van der Waals surface area contributed by atoms with E-state index in [0.717, 1.165) is 44.8 Å². The van der Waals surface area contributed by atoms with E-state index >= 15 is 0 Å². The fourth-order valence-corrected chi connectivity index (χ4v) is 3.92. The molecule has 2 N–H and O–H groups in total. The van der Waals surface area contributed by atoms with E-state index in [-0.39, 0.29) is 12.6 Å². The van der Waals surface area contributed by atoms with Crippen molar-refractivity contribution in [1.82, 2.24) is 15.1 Å². The molecular formula is C19H30N4O2. The molecule has 1 aromatic rings. The zero-order chi connectivity index (χ0) is 17.8. The largest absolute Gasteiger partial charge is 0.396 e. The summed E-state index contributed by atoms with van der Waals surface area (Å²) in [5.41, 5.74) is 2.23. The van der Waals surface area contributed by atoms with Crippen molar-refractivity contribution in [3.63, 3.8) is 0 Å². The monoisotopic (exact) mass is 346 g/mol. The summed E-state index contributed by atoms with van der Waals surface area (Å²) >= 11 is 0. The number of nitrogens with zero attached hydrogens (tertiary/aromatic N) is 3. The Morgan fingerprint density at radius 1 is 1.20 bits per heavy atom. The number of hydrogen-bond donors (Lipinski definition) is 2. The summed E-state index contributed by atoms with van der Waals surface area (Å²) in [6.07, 6.45) is 0.831. The molecule has 2 saturated heterocycles. The van der Waals surface area contributed by atoms with E-state index in [4.69, 9.17) is 0 Å². The van der Waals surface area contributed by atoms with Gasteiger partial charge in [0.2, 0.25) is 0 Å². The van der Waals surface area contributed by atoms with Gasteiger partial charge in [-0.3, -0.25) is 14.7 Å². The molecule has 2 heterocycles. The lowest BCUT2D eigenvalue weighted by atomic mass is 10.1. The van der Waals surface area contributed by atoms with Crippen LogP contribution in [-0.4, -0.2) is 72.4 Å². The lowest BCUT2D eigenvalue weighted by molar-refractivity contribution is 0.0349. The average molecular weight is 346 g/mol. The third-order valence-electron chi connectivity index (χ3n) is 5.25. The highest BCUT2D eigenvalue weighted by molar-refractivity contribution is 5.93. The predicted molar refractivity (Wildman–Crippen MR) is 99.8 cm³/mol. The number of aliphatic hydroxyl groups excluding tert-OH is 1. The molecule has 1 aromatic carbocycles. The van der Waals surface area contributed by atoms with Crippen LogP contribution in [0.25, 0.3) is 0 Å². The Morgan fingerprint density at radius 3 is 2.56 bits per heavy atom. The second-order valence-corrected chi connectivity index (χ2v) is 7.28. The Balaban J connectivity index is 1.59. The zero-order valence-electron chi connectivity index (χ0n) is 15.3. The molecular weight excluding hydrogens is 316 g/mol. The van der Waals surface area contributed by atoms with Gasteiger partial charge in [-0.2, -0.15) is 0 Å². The van der Waals surface area contributed by atoms with Crippen molar-refractivity contribution in [2.45, 2.75) is 38.9 Å². The van der Waals surface area contributed by atoms with E-state index in [2.05, 4.69) is 41.1 Å². The molecule has 3 rings (SSSR count). The molecule has 2 aliphatic heterocycles. The molecule has 6 heteroatoms. The Kier molecular flexibility index (Phi) is 5.93. The summed E-state index contributed by atoms with van der Waals surface area (Å²) < 4.78 is 0. The summed E-state index contributed by atoms with van der Waals surface area (Å²) in [5, 5.41) is 12.2. The van der Waals surface area contributed by atoms with Crippen LogP contribution >= 0.6 is 0 Å². The number of carbonyl (C=O) groups is 1. The lowest BCUT2D eigenvalue weighted by Crippen LogP contribution is -2.55. The Morgan fingerprint density at radius 2 is 1.96 bits per heavy atom. The van der Waals surface area contributed by atoms with Crippen LogP contribution in [0, 0.1) is 0 Å². The van der Waals surface area contributed by atoms with E-state index in [1.54, 1.807) is 4.90 Å². The van der Waals surface area contributed by atoms with Crippen LogP contribution in [0.4, 0.5) is 10.5 Å². The first kappa shape index (κ1) is 18.2. The third kappa shape index (κ3) is 4.32. The minimum absolute atomic E-state index is 0.00981. The molecule has 0 radical (unpaired) electrons. The molecule has 0 spiro atoms. The predicted octanol–water partition coefficient (Wildman–Crippen LogP) is 1.49. The molecule has 2 aliphatic rings. The molecule has 2 fully saturated rings. The Labute approximate surface area is 150 Å². The number of piperazine rings is 1. The van der Waals surface area contributed by atoms with E-state index in [9.17, 15) is 9.90 Å². The first-order valence-electron chi connectivity index (χ1n) is 9.31. The number of benzene rings is 1. The van der Waals surface area contributed by atoms with Crippen LogP contribution in [0.15, 0.2) is 24.3 Å². The standard InChI is InChI=1S/C19H30N4O2/c1-15(2)22-11-10-21(14-18(22)7-12-24)13-16-3-5-17(6-4-16)23-9-8-20-19(23)25/h3-6,15,18,24H,7-14H2,1-2H3,(H,20,25)/t18-/m0/s1. The molecule has 6 nitrogen and oxygen atoms in total. The number of hydrogen-bond acceptors (Lipinski definition) is 4. The van der Waals surface area contributed by atoms with Gasteiger partial charge in [0, 0.05) is 63.6 Å². The van der Waals surface area contributed by atoms with E-state index in [1.807, 2.05) is 12.1 Å². The van der Waals surface area contributed by atoms with Crippen LogP contribution in [0.2, 0.25) is 0 Å². The van der Waals surface area contributed by atoms with Gasteiger partial charge >= 0.3 is 6.03 Å². The maximum atomic E-state index is 11.7. The lowest BCUT2D eigenvalue weighted by Gasteiger charge is -2.43. The van der Waals surface area contributed by atoms with Crippen LogP contribution in [0.3, 0.4) is 0 Å². The number of anilines is 1. The van der Waals surface area contributed by atoms with Gasteiger partial charge in [0.15, 0.2) is 0 Å². The van der Waals surface area contributed by atoms with Gasteiger partial charge in [-0.05, 0) is 38.0 Å². The summed E-state index contributed by atoms with van der Waals surface area (Å²) in [6, 6.07) is 9.25. The second-order valence-electron chi connectivity index (χ2n) is 7.28. The van der Waals surface area contributed by atoms with E-state index in [1.165, 1.54) is 5.56 Å². The SMILES string of the molecule is CC(C)N1CCN(Cc2ccc(N3CCNC3=O)cc2)C[C@@H]1CCO. The Bertz CT molecular complexity index is 575. The number of urea groups is 1. The number of amides is 2. The van der Waals surface area contributed by atoms with Gasteiger partial charge in [0.05, 0.1) is 0 Å². The summed E-state index contributed by atoms with van der Waals surface area (Å²) in [6.45, 7) is 10.2. The first-order chi connectivity index (χ1) is 12.1. The average Bonchev–Trinajstić information content (AvgIpc) is 3.02. The first-order valence-corrected chi connectivity index (χ1v) is 9.31. The van der Waals surface area contributed by atoms with Crippen molar-refractivity contribution in [1.29, 1.82) is 0 Å². The van der Waals surface area contributed by atoms with Crippen molar-refractivity contribution < 1.29 is 9.90 Å². The highest BCUT2D eigenvalue weighted by Gasteiger charge is 2.28. The van der Waals surface area contributed by atoms with Gasteiger partial charge in [0.25, 0.3) is 0 Å². The molecule has 138 valence electrons. The molecule has 0 aliphatic carbocycles. The van der Waals surface area contributed by atoms with E-state index in [0.29, 0.717) is 18.6 Å². The van der Waals surface area contributed by atoms with Crippen molar-refractivity contribution in [2.75, 3.05) is 44.2 Å². The van der Waals surface area contributed by atoms with Gasteiger partial charge in [-0.25, -0.2) is 4.79 Å². The Hall–Kier alpha value is -1.63. The number of rotatable bonds is 6. The molecule has 2 amide bonds. The minimum Gasteiger partial charge on any atom is -0.396 e. The van der Waals surface area contributed by atoms with E-state index < -0.39 is 0 Å². The van der Waals surface area contributed by atoms with Crippen molar-refractivity contribution >= 4 is 11.7 Å². The maximum absolute atomic E-state index is 11.7. The van der Waals surface area contributed by atoms with Crippen LogP contribution in [0.1, 0.15) is 25.8 Å². The van der Waals surface area contributed by atoms with Crippen LogP contribution in [-0.2, 0) is 6.54 Å². The summed E-state index contributed by atoms with van der Waals surface area (Å²) in [5.74, 6) is 0. The molecule has 0 unspecified atom stereocenters. The molecule has 25 heavy (non-hydrogen) atoms. The smallest absolute Gasteiger partial charge is 0.321 e. The normalized spacial score (nSPS) is 22.6. The van der Waals surface area contributed by atoms with Gasteiger partial charge in [0.1, 0.15) is 0 Å². The quantitative estimate of drug-likeness (QED) is 0.819. The number of nitrogens with one attached hydrogen (secondary N) is 1. The second kappa shape index (κ2) is 8.17. The molecule has 0 saturated carbocycles. The van der Waals surface area contributed by atoms with Crippen LogP contribution < -0.4 is 10.2 Å². The van der Waals surface area contributed by atoms with Crippen LogP contribution in [0.5, 0.6) is 0 Å². The van der Waals surface area contributed by atoms with Crippen molar-refractivity contribution in [3.8, 4) is 0 Å². The highest BCUT2D eigenvalue weighted by atomic mass is 16.3. The highest BCUT2D eigenvalue weighted by Crippen LogP contribution is 2.21. The van der Waals surface area contributed by atoms with Gasteiger partial charge in [-0.1, -0.05) is 12.1 Å². The molecule has 1 atom stereocenters. The summed E-state index contributed by atoms with van der Waals surface area (Å²) in [4.78, 5) is 18.5. The minimum atomic E-state index is -0.00981. The fraction of sp³-hybridized carbons (Fsp3) is 0.632. The molecule has 0 bridgehead atoms. The van der Waals surface area contributed by atoms with Crippen molar-refractivity contribution in [3.05, 3.63) is 29.8 Å². The van der Waals surface area contributed by atoms with Crippen molar-refractivity contribution in [2.24, 2.45) is 0 Å². The fourth-order valence-electron chi connectivity index (χ4n) is 3.92. The third-order valence-corrected chi connectivity index (χ3v) is 5.25. The summed E-state index contributed by atoms with van der Waals surface area (Å²) in [7, 11) is 0. The van der Waals surface area contributed by atoms with Gasteiger partial charge < -0.3 is 10.4 Å². The maximum Gasteiger partial charge on any atom is 0.321 e.